The summed E-state index contributed by atoms with van der Waals surface area (Å²) >= 11 is 0. The molecule has 2 heterocycles. The average molecular weight is 481 g/mol. The Labute approximate surface area is 194 Å². The first-order valence-electron chi connectivity index (χ1n) is 10.2. The van der Waals surface area contributed by atoms with Gasteiger partial charge in [-0.1, -0.05) is 13.0 Å². The number of hydrogen-bond donors (Lipinski definition) is 2. The van der Waals surface area contributed by atoms with Crippen molar-refractivity contribution in [3.63, 3.8) is 0 Å². The Morgan fingerprint density at radius 2 is 1.91 bits per heavy atom. The number of pyridine rings is 1. The van der Waals surface area contributed by atoms with Crippen LogP contribution in [0.2, 0.25) is 0 Å². The lowest BCUT2D eigenvalue weighted by Gasteiger charge is -2.14. The lowest BCUT2D eigenvalue weighted by atomic mass is 10.0. The van der Waals surface area contributed by atoms with Crippen LogP contribution in [0.25, 0.3) is 22.0 Å². The van der Waals surface area contributed by atoms with Crippen molar-refractivity contribution >= 4 is 38.1 Å². The predicted octanol–water partition coefficient (Wildman–Crippen LogP) is 4.74. The number of nitriles is 1. The van der Waals surface area contributed by atoms with Crippen molar-refractivity contribution < 1.29 is 17.2 Å². The third kappa shape index (κ3) is 4.62. The van der Waals surface area contributed by atoms with E-state index in [9.17, 15) is 18.1 Å². The zero-order chi connectivity index (χ0) is 24.3. The van der Waals surface area contributed by atoms with E-state index in [1.54, 1.807) is 37.3 Å². The Kier molecular flexibility index (Phi) is 6.34. The zero-order valence-corrected chi connectivity index (χ0v) is 18.7. The minimum Gasteiger partial charge on any atom is -0.335 e. The Morgan fingerprint density at radius 3 is 2.68 bits per heavy atom. The van der Waals surface area contributed by atoms with Crippen molar-refractivity contribution in [2.75, 3.05) is 15.8 Å². The van der Waals surface area contributed by atoms with Gasteiger partial charge in [0.15, 0.2) is 5.82 Å². The summed E-state index contributed by atoms with van der Waals surface area (Å²) < 4.78 is 56.0. The van der Waals surface area contributed by atoms with Gasteiger partial charge >= 0.3 is 0 Å². The SMILES string of the molecule is CCCS(=O)(=O)Nc1ccc(F)c(Nc2ncnc3ccc(-c4cccnc4C#N)cc23)c1F. The summed E-state index contributed by atoms with van der Waals surface area (Å²) in [6, 6.07) is 12.5. The Hall–Kier alpha value is -4.17. The molecule has 8 nitrogen and oxygen atoms in total. The molecule has 0 radical (unpaired) electrons. The maximum atomic E-state index is 15.1. The van der Waals surface area contributed by atoms with Gasteiger partial charge in [-0.15, -0.1) is 0 Å². The molecule has 2 aromatic heterocycles. The van der Waals surface area contributed by atoms with E-state index in [1.165, 1.54) is 12.5 Å². The van der Waals surface area contributed by atoms with Crippen molar-refractivity contribution in [3.8, 4) is 17.2 Å². The van der Waals surface area contributed by atoms with E-state index in [1.807, 2.05) is 6.07 Å². The molecule has 0 unspecified atom stereocenters. The van der Waals surface area contributed by atoms with E-state index in [4.69, 9.17) is 0 Å². The van der Waals surface area contributed by atoms with Crippen LogP contribution < -0.4 is 10.0 Å². The fraction of sp³-hybridized carbons (Fsp3) is 0.130. The van der Waals surface area contributed by atoms with Crippen LogP contribution in [-0.2, 0) is 10.0 Å². The number of hydrogen-bond acceptors (Lipinski definition) is 7. The molecular weight excluding hydrogens is 462 g/mol. The predicted molar refractivity (Wildman–Crippen MR) is 125 cm³/mol. The van der Waals surface area contributed by atoms with Gasteiger partial charge in [0.1, 0.15) is 35.4 Å². The number of benzene rings is 2. The highest BCUT2D eigenvalue weighted by atomic mass is 32.2. The molecule has 4 rings (SSSR count). The van der Waals surface area contributed by atoms with Crippen molar-refractivity contribution in [2.45, 2.75) is 13.3 Å². The third-order valence-electron chi connectivity index (χ3n) is 4.93. The number of aromatic nitrogens is 3. The molecule has 0 aliphatic heterocycles. The quantitative estimate of drug-likeness (QED) is 0.392. The van der Waals surface area contributed by atoms with Gasteiger partial charge in [-0.05, 0) is 48.4 Å². The molecule has 2 aromatic carbocycles. The van der Waals surface area contributed by atoms with Gasteiger partial charge in [-0.25, -0.2) is 32.2 Å². The topological polar surface area (TPSA) is 121 Å². The van der Waals surface area contributed by atoms with Crippen LogP contribution in [0.5, 0.6) is 0 Å². The second-order valence-corrected chi connectivity index (χ2v) is 9.14. The highest BCUT2D eigenvalue weighted by Crippen LogP contribution is 2.33. The minimum absolute atomic E-state index is 0.0978. The van der Waals surface area contributed by atoms with Crippen LogP contribution in [0.15, 0.2) is 55.0 Å². The van der Waals surface area contributed by atoms with E-state index in [-0.39, 0.29) is 23.0 Å². The maximum Gasteiger partial charge on any atom is 0.232 e. The molecule has 0 fully saturated rings. The molecule has 0 saturated heterocycles. The average Bonchev–Trinajstić information content (AvgIpc) is 2.83. The first-order chi connectivity index (χ1) is 16.3. The second-order valence-electron chi connectivity index (χ2n) is 7.30. The molecule has 0 aliphatic carbocycles. The number of halogens is 2. The summed E-state index contributed by atoms with van der Waals surface area (Å²) in [7, 11) is -3.79. The molecule has 0 atom stereocenters. The number of sulfonamides is 1. The fourth-order valence-electron chi connectivity index (χ4n) is 3.40. The number of fused-ring (bicyclic) bond motifs is 1. The molecule has 0 saturated carbocycles. The molecule has 0 aliphatic rings. The van der Waals surface area contributed by atoms with Gasteiger partial charge in [0.2, 0.25) is 10.0 Å². The number of anilines is 3. The summed E-state index contributed by atoms with van der Waals surface area (Å²) in [5.74, 6) is -2.15. The van der Waals surface area contributed by atoms with Crippen molar-refractivity contribution in [3.05, 3.63) is 72.3 Å². The van der Waals surface area contributed by atoms with E-state index in [0.29, 0.717) is 28.5 Å². The highest BCUT2D eigenvalue weighted by Gasteiger charge is 2.19. The van der Waals surface area contributed by atoms with Crippen LogP contribution in [0.1, 0.15) is 19.0 Å². The molecule has 2 N–H and O–H groups in total. The normalized spacial score (nSPS) is 11.2. The maximum absolute atomic E-state index is 15.1. The highest BCUT2D eigenvalue weighted by molar-refractivity contribution is 7.92. The number of nitrogens with zero attached hydrogens (tertiary/aromatic N) is 4. The Bertz CT molecular complexity index is 1540. The lowest BCUT2D eigenvalue weighted by Crippen LogP contribution is -2.17. The van der Waals surface area contributed by atoms with Gasteiger partial charge < -0.3 is 5.32 Å². The Balaban J connectivity index is 1.78. The van der Waals surface area contributed by atoms with E-state index >= 15 is 4.39 Å². The van der Waals surface area contributed by atoms with Crippen LogP contribution >= 0.6 is 0 Å². The first-order valence-corrected chi connectivity index (χ1v) is 11.8. The molecule has 0 spiro atoms. The first kappa shape index (κ1) is 23.0. The summed E-state index contributed by atoms with van der Waals surface area (Å²) in [5, 5.41) is 12.4. The third-order valence-corrected chi connectivity index (χ3v) is 6.41. The standard InChI is InChI=1S/C23H18F2N6O2S/c1-2-10-34(32,33)31-19-8-6-17(24)22(21(19)25)30-23-16-11-14(5-7-18(16)28-13-29-23)15-4-3-9-27-20(15)12-26/h3-9,11,13,31H,2,10H2,1H3,(H,28,29,30). The second kappa shape index (κ2) is 9.36. The minimum atomic E-state index is -3.79. The number of rotatable bonds is 7. The van der Waals surface area contributed by atoms with Crippen molar-refractivity contribution in [1.29, 1.82) is 5.26 Å². The van der Waals surface area contributed by atoms with Gasteiger partial charge in [-0.3, -0.25) is 4.72 Å². The number of nitrogens with one attached hydrogen (secondary N) is 2. The molecule has 0 amide bonds. The molecule has 172 valence electrons. The van der Waals surface area contributed by atoms with Gasteiger partial charge in [0, 0.05) is 17.1 Å². The van der Waals surface area contributed by atoms with Crippen LogP contribution in [-0.4, -0.2) is 29.1 Å². The summed E-state index contributed by atoms with van der Waals surface area (Å²) in [5.41, 5.74) is 0.969. The van der Waals surface area contributed by atoms with Gasteiger partial charge in [0.25, 0.3) is 0 Å². The van der Waals surface area contributed by atoms with Crippen LogP contribution in [0, 0.1) is 23.0 Å². The zero-order valence-electron chi connectivity index (χ0n) is 17.9. The monoisotopic (exact) mass is 480 g/mol. The van der Waals surface area contributed by atoms with Crippen LogP contribution in [0.4, 0.5) is 26.0 Å². The fourth-order valence-corrected chi connectivity index (χ4v) is 4.53. The smallest absolute Gasteiger partial charge is 0.232 e. The van der Waals surface area contributed by atoms with E-state index in [2.05, 4.69) is 25.0 Å². The molecule has 11 heteroatoms. The molecular formula is C23H18F2N6O2S. The Morgan fingerprint density at radius 1 is 1.09 bits per heavy atom. The lowest BCUT2D eigenvalue weighted by molar-refractivity contribution is 0.588. The molecule has 0 bridgehead atoms. The van der Waals surface area contributed by atoms with Gasteiger partial charge in [0.05, 0.1) is 17.0 Å². The summed E-state index contributed by atoms with van der Waals surface area (Å²) in [4.78, 5) is 12.4. The van der Waals surface area contributed by atoms with Gasteiger partial charge in [-0.2, -0.15) is 5.26 Å². The van der Waals surface area contributed by atoms with Crippen molar-refractivity contribution in [1.82, 2.24) is 15.0 Å². The summed E-state index contributed by atoms with van der Waals surface area (Å²) in [6.45, 7) is 1.67. The summed E-state index contributed by atoms with van der Waals surface area (Å²) in [6.07, 6.45) is 3.08. The molecule has 4 aromatic rings. The van der Waals surface area contributed by atoms with E-state index < -0.39 is 27.3 Å². The molecule has 34 heavy (non-hydrogen) atoms. The van der Waals surface area contributed by atoms with Crippen molar-refractivity contribution in [2.24, 2.45) is 0 Å². The largest absolute Gasteiger partial charge is 0.335 e. The van der Waals surface area contributed by atoms with Crippen LogP contribution in [0.3, 0.4) is 0 Å². The van der Waals surface area contributed by atoms with E-state index in [0.717, 1.165) is 12.1 Å².